The zero-order chi connectivity index (χ0) is 12.3. The third kappa shape index (κ3) is 2.99. The monoisotopic (exact) mass is 253 g/mol. The maximum Gasteiger partial charge on any atom is 0.180 e. The first-order valence-electron chi connectivity index (χ1n) is 5.86. The van der Waals surface area contributed by atoms with Gasteiger partial charge in [-0.15, -0.1) is 0 Å². The van der Waals surface area contributed by atoms with E-state index < -0.39 is 0 Å². The topological polar surface area (TPSA) is 52.3 Å². The van der Waals surface area contributed by atoms with E-state index in [0.29, 0.717) is 28.9 Å². The van der Waals surface area contributed by atoms with Crippen molar-refractivity contribution in [2.24, 2.45) is 11.7 Å². The summed E-state index contributed by atoms with van der Waals surface area (Å²) in [6, 6.07) is 5.09. The number of ketones is 1. The van der Waals surface area contributed by atoms with Gasteiger partial charge in [0.1, 0.15) is 5.75 Å². The molecule has 0 amide bonds. The van der Waals surface area contributed by atoms with Crippen molar-refractivity contribution in [1.82, 2.24) is 0 Å². The first-order valence-corrected chi connectivity index (χ1v) is 6.24. The summed E-state index contributed by atoms with van der Waals surface area (Å²) in [5.41, 5.74) is 5.85. The molecule has 0 unspecified atom stereocenters. The molecule has 0 spiro atoms. The van der Waals surface area contributed by atoms with Gasteiger partial charge in [0.15, 0.2) is 5.78 Å². The van der Waals surface area contributed by atoms with Gasteiger partial charge in [0.25, 0.3) is 0 Å². The summed E-state index contributed by atoms with van der Waals surface area (Å²) < 4.78 is 5.68. The second-order valence-corrected chi connectivity index (χ2v) is 4.81. The number of hydrogen-bond acceptors (Lipinski definition) is 3. The lowest BCUT2D eigenvalue weighted by atomic mass is 9.86. The molecule has 2 N–H and O–H groups in total. The van der Waals surface area contributed by atoms with Crippen molar-refractivity contribution in [3.8, 4) is 5.75 Å². The summed E-state index contributed by atoms with van der Waals surface area (Å²) in [7, 11) is 0. The Kier molecular flexibility index (Phi) is 4.02. The molecule has 17 heavy (non-hydrogen) atoms. The number of carbonyl (C=O) groups is 1. The van der Waals surface area contributed by atoms with Crippen LogP contribution in [0.25, 0.3) is 0 Å². The van der Waals surface area contributed by atoms with Gasteiger partial charge in [-0.05, 0) is 37.0 Å². The zero-order valence-corrected chi connectivity index (χ0v) is 10.4. The van der Waals surface area contributed by atoms with E-state index >= 15 is 0 Å². The minimum atomic E-state index is -0.142. The summed E-state index contributed by atoms with van der Waals surface area (Å²) in [6.07, 6.45) is 3.71. The van der Waals surface area contributed by atoms with Crippen LogP contribution in [-0.4, -0.2) is 18.9 Å². The predicted molar refractivity (Wildman–Crippen MR) is 67.7 cm³/mol. The predicted octanol–water partition coefficient (Wildman–Crippen LogP) is 2.66. The summed E-state index contributed by atoms with van der Waals surface area (Å²) >= 11 is 5.87. The summed E-state index contributed by atoms with van der Waals surface area (Å²) in [4.78, 5) is 11.7. The average Bonchev–Trinajstić information content (AvgIpc) is 2.27. The van der Waals surface area contributed by atoms with Gasteiger partial charge >= 0.3 is 0 Å². The number of halogens is 1. The second kappa shape index (κ2) is 5.52. The van der Waals surface area contributed by atoms with Gasteiger partial charge in [-0.2, -0.15) is 0 Å². The van der Waals surface area contributed by atoms with Crippen LogP contribution in [0.1, 0.15) is 29.6 Å². The molecular weight excluding hydrogens is 238 g/mol. The normalized spacial score (nSPS) is 15.4. The van der Waals surface area contributed by atoms with Crippen LogP contribution in [0.3, 0.4) is 0 Å². The van der Waals surface area contributed by atoms with Crippen LogP contribution in [-0.2, 0) is 0 Å². The molecule has 1 aliphatic rings. The molecule has 0 saturated heterocycles. The second-order valence-electron chi connectivity index (χ2n) is 4.38. The molecule has 92 valence electrons. The average molecular weight is 254 g/mol. The number of hydrogen-bond donors (Lipinski definition) is 1. The van der Waals surface area contributed by atoms with Gasteiger partial charge < -0.3 is 10.5 Å². The molecule has 1 fully saturated rings. The maximum absolute atomic E-state index is 11.7. The van der Waals surface area contributed by atoms with Crippen LogP contribution < -0.4 is 10.5 Å². The molecule has 0 heterocycles. The van der Waals surface area contributed by atoms with Crippen LogP contribution in [0.2, 0.25) is 5.02 Å². The molecule has 1 aliphatic carbocycles. The molecule has 1 aromatic rings. The van der Waals surface area contributed by atoms with E-state index in [9.17, 15) is 4.79 Å². The Morgan fingerprint density at radius 1 is 1.47 bits per heavy atom. The van der Waals surface area contributed by atoms with Gasteiger partial charge in [-0.3, -0.25) is 4.79 Å². The van der Waals surface area contributed by atoms with E-state index in [4.69, 9.17) is 22.1 Å². The third-order valence-electron chi connectivity index (χ3n) is 3.13. The number of Topliss-reactive ketones (excluding diaryl/α,β-unsaturated/α-hetero) is 1. The summed E-state index contributed by atoms with van der Waals surface area (Å²) in [5.74, 6) is 1.08. The molecule has 0 bridgehead atoms. The Bertz CT molecular complexity index is 416. The number of rotatable bonds is 5. The molecule has 3 nitrogen and oxygen atoms in total. The Morgan fingerprint density at radius 2 is 2.24 bits per heavy atom. The lowest BCUT2D eigenvalue weighted by Gasteiger charge is -2.25. The highest BCUT2D eigenvalue weighted by molar-refractivity contribution is 6.31. The van der Waals surface area contributed by atoms with Crippen molar-refractivity contribution >= 4 is 17.4 Å². The number of carbonyl (C=O) groups excluding carboxylic acids is 1. The Morgan fingerprint density at radius 3 is 2.82 bits per heavy atom. The highest BCUT2D eigenvalue weighted by Gasteiger charge is 2.19. The molecule has 4 heteroatoms. The summed E-state index contributed by atoms with van der Waals surface area (Å²) in [5, 5.41) is 0.526. The molecule has 0 radical (unpaired) electrons. The molecule has 0 aliphatic heterocycles. The van der Waals surface area contributed by atoms with Crippen molar-refractivity contribution in [1.29, 1.82) is 0 Å². The van der Waals surface area contributed by atoms with E-state index in [0.717, 1.165) is 0 Å². The van der Waals surface area contributed by atoms with Gasteiger partial charge in [-0.25, -0.2) is 0 Å². The first kappa shape index (κ1) is 12.4. The van der Waals surface area contributed by atoms with Crippen molar-refractivity contribution in [2.75, 3.05) is 13.2 Å². The highest BCUT2D eigenvalue weighted by atomic mass is 35.5. The van der Waals surface area contributed by atoms with Gasteiger partial charge in [0.2, 0.25) is 0 Å². The van der Waals surface area contributed by atoms with Crippen LogP contribution in [0.4, 0.5) is 0 Å². The standard InChI is InChI=1S/C13H16ClNO2/c14-10-4-5-13(11(6-10)12(16)7-15)17-8-9-2-1-3-9/h4-6,9H,1-3,7-8,15H2. The molecular formula is C13H16ClNO2. The van der Waals surface area contributed by atoms with Gasteiger partial charge in [-0.1, -0.05) is 18.0 Å². The van der Waals surface area contributed by atoms with E-state index in [-0.39, 0.29) is 12.3 Å². The van der Waals surface area contributed by atoms with Gasteiger partial charge in [0, 0.05) is 5.02 Å². The number of ether oxygens (including phenoxy) is 1. The lowest BCUT2D eigenvalue weighted by molar-refractivity contribution is 0.0994. The quantitative estimate of drug-likeness (QED) is 0.821. The van der Waals surface area contributed by atoms with Gasteiger partial charge in [0.05, 0.1) is 18.7 Å². The van der Waals surface area contributed by atoms with E-state index in [1.54, 1.807) is 18.2 Å². The van der Waals surface area contributed by atoms with Crippen LogP contribution in [0, 0.1) is 5.92 Å². The first-order chi connectivity index (χ1) is 8.20. The zero-order valence-electron chi connectivity index (χ0n) is 9.62. The maximum atomic E-state index is 11.7. The molecule has 1 aromatic carbocycles. The number of benzene rings is 1. The fourth-order valence-electron chi connectivity index (χ4n) is 1.82. The lowest BCUT2D eigenvalue weighted by Crippen LogP contribution is -2.21. The smallest absolute Gasteiger partial charge is 0.180 e. The molecule has 0 aromatic heterocycles. The van der Waals surface area contributed by atoms with E-state index in [1.165, 1.54) is 19.3 Å². The van der Waals surface area contributed by atoms with Crippen molar-refractivity contribution in [3.05, 3.63) is 28.8 Å². The van der Waals surface area contributed by atoms with Crippen molar-refractivity contribution < 1.29 is 9.53 Å². The van der Waals surface area contributed by atoms with Crippen LogP contribution in [0.5, 0.6) is 5.75 Å². The minimum absolute atomic E-state index is 0.0276. The highest BCUT2D eigenvalue weighted by Crippen LogP contribution is 2.29. The third-order valence-corrected chi connectivity index (χ3v) is 3.36. The fourth-order valence-corrected chi connectivity index (χ4v) is 2.00. The van der Waals surface area contributed by atoms with E-state index in [2.05, 4.69) is 0 Å². The summed E-state index contributed by atoms with van der Waals surface area (Å²) in [6.45, 7) is 0.645. The molecule has 0 atom stereocenters. The molecule has 1 saturated carbocycles. The fraction of sp³-hybridized carbons (Fsp3) is 0.462. The van der Waals surface area contributed by atoms with Crippen LogP contribution >= 0.6 is 11.6 Å². The van der Waals surface area contributed by atoms with Crippen molar-refractivity contribution in [2.45, 2.75) is 19.3 Å². The van der Waals surface area contributed by atoms with E-state index in [1.807, 2.05) is 0 Å². The van der Waals surface area contributed by atoms with Crippen molar-refractivity contribution in [3.63, 3.8) is 0 Å². The Balaban J connectivity index is 2.10. The Hall–Kier alpha value is -1.06. The number of nitrogens with two attached hydrogens (primary N) is 1. The van der Waals surface area contributed by atoms with Crippen LogP contribution in [0.15, 0.2) is 18.2 Å². The minimum Gasteiger partial charge on any atom is -0.493 e. The molecule has 2 rings (SSSR count). The largest absolute Gasteiger partial charge is 0.493 e. The Labute approximate surface area is 106 Å². The SMILES string of the molecule is NCC(=O)c1cc(Cl)ccc1OCC1CCC1.